The Morgan fingerprint density at radius 3 is 2.20 bits per heavy atom. The Balaban J connectivity index is 1.39. The second-order valence-electron chi connectivity index (χ2n) is 15.7. The van der Waals surface area contributed by atoms with Crippen molar-refractivity contribution in [3.63, 3.8) is 0 Å². The van der Waals surface area contributed by atoms with E-state index in [0.717, 1.165) is 0 Å². The molecule has 282 valence electrons. The first kappa shape index (κ1) is 38.1. The molecule has 0 unspecified atom stereocenters. The number of ether oxygens (including phenoxy) is 2. The monoisotopic (exact) mass is 743 g/mol. The molecule has 1 aromatic carbocycles. The minimum atomic E-state index is -4.16. The van der Waals surface area contributed by atoms with Crippen LogP contribution < -0.4 is 15.4 Å². The van der Waals surface area contributed by atoms with Gasteiger partial charge in [-0.15, -0.1) is 0 Å². The summed E-state index contributed by atoms with van der Waals surface area (Å²) < 4.78 is 80.3. The van der Waals surface area contributed by atoms with E-state index in [1.165, 1.54) is 21.9 Å². The number of hydrogen-bond donors (Lipinski definition) is 3. The SMILES string of the molecule is CC(C)(C)OC(=O)N[C@H](C(=O)N1C[C@H](OC(=O)N2Cc3cccc(F)c3C2)[C@@H](C(=O)N[C@]2(C(=O)NS(=O)(=O)C3CC3)C[C@H]2C(F)F)C1)C(C)(C)C. The zero-order chi connectivity index (χ0) is 37.8. The van der Waals surface area contributed by atoms with Crippen molar-refractivity contribution in [3.8, 4) is 0 Å². The fraction of sp³-hybridized carbons (Fsp3) is 0.667. The molecule has 0 aromatic heterocycles. The molecule has 2 heterocycles. The number of carbonyl (C=O) groups excluding carboxylic acids is 5. The topological polar surface area (TPSA) is 181 Å². The molecular formula is C33H44F3N5O9S. The number of alkyl carbamates (subject to hydrolysis) is 1. The number of rotatable bonds is 9. The largest absolute Gasteiger partial charge is 0.444 e. The van der Waals surface area contributed by atoms with Gasteiger partial charge in [0.15, 0.2) is 0 Å². The molecule has 5 amide bonds. The van der Waals surface area contributed by atoms with Crippen molar-refractivity contribution in [2.24, 2.45) is 17.3 Å². The van der Waals surface area contributed by atoms with E-state index in [9.17, 15) is 45.6 Å². The number of carbonyl (C=O) groups is 5. The van der Waals surface area contributed by atoms with E-state index < -0.39 is 111 Å². The average molecular weight is 744 g/mol. The van der Waals surface area contributed by atoms with Crippen LogP contribution in [-0.4, -0.2) is 96.2 Å². The third-order valence-corrected chi connectivity index (χ3v) is 11.2. The number of likely N-dealkylation sites (tertiary alicyclic amines) is 1. The van der Waals surface area contributed by atoms with E-state index in [1.54, 1.807) is 47.6 Å². The van der Waals surface area contributed by atoms with Crippen molar-refractivity contribution in [2.75, 3.05) is 13.1 Å². The highest BCUT2D eigenvalue weighted by molar-refractivity contribution is 7.91. The van der Waals surface area contributed by atoms with Crippen molar-refractivity contribution >= 4 is 39.9 Å². The fourth-order valence-electron chi connectivity index (χ4n) is 6.34. The van der Waals surface area contributed by atoms with E-state index >= 15 is 0 Å². The number of nitrogens with one attached hydrogen (secondary N) is 3. The Hall–Kier alpha value is -4.09. The lowest BCUT2D eigenvalue weighted by atomic mass is 9.86. The van der Waals surface area contributed by atoms with Gasteiger partial charge in [-0.1, -0.05) is 32.9 Å². The van der Waals surface area contributed by atoms with Gasteiger partial charge in [0.05, 0.1) is 30.2 Å². The first-order valence-electron chi connectivity index (χ1n) is 16.7. The van der Waals surface area contributed by atoms with Gasteiger partial charge in [-0.05, 0) is 57.1 Å². The molecule has 1 aromatic rings. The average Bonchev–Trinajstić information content (AvgIpc) is 3.89. The van der Waals surface area contributed by atoms with Crippen LogP contribution in [0.15, 0.2) is 18.2 Å². The third-order valence-electron chi connectivity index (χ3n) is 9.39. The molecule has 5 rings (SSSR count). The fourth-order valence-corrected chi connectivity index (χ4v) is 7.71. The first-order valence-corrected chi connectivity index (χ1v) is 18.2. The van der Waals surface area contributed by atoms with E-state index in [0.29, 0.717) is 18.4 Å². The Labute approximate surface area is 294 Å². The summed E-state index contributed by atoms with van der Waals surface area (Å²) in [6, 6.07) is 3.19. The summed E-state index contributed by atoms with van der Waals surface area (Å²) in [6.07, 6.45) is -6.24. The number of benzene rings is 1. The predicted octanol–water partition coefficient (Wildman–Crippen LogP) is 2.79. The second-order valence-corrected chi connectivity index (χ2v) is 17.7. The molecule has 3 N–H and O–H groups in total. The van der Waals surface area contributed by atoms with Crippen molar-refractivity contribution < 1.29 is 55.0 Å². The van der Waals surface area contributed by atoms with Gasteiger partial charge in [0.1, 0.15) is 29.1 Å². The van der Waals surface area contributed by atoms with Crippen molar-refractivity contribution in [3.05, 3.63) is 35.1 Å². The summed E-state index contributed by atoms with van der Waals surface area (Å²) in [5, 5.41) is 4.04. The third kappa shape index (κ3) is 8.36. The molecule has 0 bridgehead atoms. The number of alkyl halides is 2. The number of nitrogens with zero attached hydrogens (tertiary/aromatic N) is 2. The molecule has 14 nitrogen and oxygen atoms in total. The molecule has 18 heteroatoms. The van der Waals surface area contributed by atoms with Crippen LogP contribution in [0.1, 0.15) is 71.9 Å². The Bertz CT molecular complexity index is 1710. The van der Waals surface area contributed by atoms with Crippen LogP contribution in [0.5, 0.6) is 0 Å². The molecule has 0 radical (unpaired) electrons. The van der Waals surface area contributed by atoms with Crippen LogP contribution in [0.4, 0.5) is 22.8 Å². The molecule has 0 spiro atoms. The van der Waals surface area contributed by atoms with Gasteiger partial charge in [0, 0.05) is 18.7 Å². The van der Waals surface area contributed by atoms with Gasteiger partial charge in [-0.25, -0.2) is 31.2 Å². The maximum Gasteiger partial charge on any atom is 0.410 e. The Kier molecular flexibility index (Phi) is 10.1. The number of halogens is 3. The number of fused-ring (bicyclic) bond motifs is 1. The summed E-state index contributed by atoms with van der Waals surface area (Å²) in [6.45, 7) is 9.06. The summed E-state index contributed by atoms with van der Waals surface area (Å²) in [5.41, 5.74) is -3.21. The van der Waals surface area contributed by atoms with Crippen LogP contribution >= 0.6 is 0 Å². The molecule has 2 aliphatic carbocycles. The van der Waals surface area contributed by atoms with Crippen LogP contribution in [0.3, 0.4) is 0 Å². The van der Waals surface area contributed by atoms with E-state index in [4.69, 9.17) is 9.47 Å². The van der Waals surface area contributed by atoms with Crippen LogP contribution in [-0.2, 0) is 47.0 Å². The van der Waals surface area contributed by atoms with Crippen molar-refractivity contribution in [1.82, 2.24) is 25.2 Å². The Morgan fingerprint density at radius 1 is 0.980 bits per heavy atom. The molecule has 5 atom stereocenters. The minimum absolute atomic E-state index is 0.00111. The predicted molar refractivity (Wildman–Crippen MR) is 174 cm³/mol. The molecule has 3 fully saturated rings. The zero-order valence-electron chi connectivity index (χ0n) is 29.3. The van der Waals surface area contributed by atoms with Gasteiger partial charge >= 0.3 is 12.2 Å². The molecule has 4 aliphatic rings. The van der Waals surface area contributed by atoms with E-state index in [-0.39, 0.29) is 25.2 Å². The van der Waals surface area contributed by atoms with Gasteiger partial charge in [-0.3, -0.25) is 24.0 Å². The number of sulfonamides is 1. The zero-order valence-corrected chi connectivity index (χ0v) is 30.1. The van der Waals surface area contributed by atoms with Crippen LogP contribution in [0, 0.1) is 23.1 Å². The summed E-state index contributed by atoms with van der Waals surface area (Å²) in [7, 11) is -4.16. The highest BCUT2D eigenvalue weighted by atomic mass is 32.2. The molecule has 2 aliphatic heterocycles. The minimum Gasteiger partial charge on any atom is -0.444 e. The highest BCUT2D eigenvalue weighted by Gasteiger charge is 2.67. The van der Waals surface area contributed by atoms with E-state index in [2.05, 4.69) is 10.6 Å². The normalized spacial score (nSPS) is 25.2. The van der Waals surface area contributed by atoms with Crippen molar-refractivity contribution in [2.45, 2.75) is 109 Å². The molecule has 2 saturated carbocycles. The summed E-state index contributed by atoms with van der Waals surface area (Å²) in [4.78, 5) is 69.7. The summed E-state index contributed by atoms with van der Waals surface area (Å²) >= 11 is 0. The highest BCUT2D eigenvalue weighted by Crippen LogP contribution is 2.48. The first-order chi connectivity index (χ1) is 23.5. The quantitative estimate of drug-likeness (QED) is 0.343. The lowest BCUT2D eigenvalue weighted by Crippen LogP contribution is -2.56. The van der Waals surface area contributed by atoms with Gasteiger partial charge in [0.25, 0.3) is 5.91 Å². The number of amides is 5. The van der Waals surface area contributed by atoms with Crippen LogP contribution in [0.2, 0.25) is 0 Å². The molecule has 1 saturated heterocycles. The molecule has 51 heavy (non-hydrogen) atoms. The number of hydrogen-bond acceptors (Lipinski definition) is 9. The smallest absolute Gasteiger partial charge is 0.410 e. The van der Waals surface area contributed by atoms with E-state index in [1.807, 2.05) is 4.72 Å². The standard InChI is InChI=1S/C33H44F3N5O9S/c1-31(2,3)24(37-29(45)50-32(4,5)6)27(43)40-15-20(23(16-40)49-30(46)41-13-17-8-7-9-22(34)19(17)14-41)26(42)38-33(12-21(33)25(35)36)28(44)39-51(47,48)18-10-11-18/h7-9,18,20-21,23-25H,10-16H2,1-6H3,(H,37,45)(H,38,42)(H,39,44)/t20-,21-,23-,24+,33+/m0/s1. The molecular weight excluding hydrogens is 699 g/mol. The van der Waals surface area contributed by atoms with Crippen LogP contribution in [0.25, 0.3) is 0 Å². The van der Waals surface area contributed by atoms with Crippen molar-refractivity contribution in [1.29, 1.82) is 0 Å². The lowest BCUT2D eigenvalue weighted by molar-refractivity contribution is -0.136. The lowest BCUT2D eigenvalue weighted by Gasteiger charge is -2.34. The summed E-state index contributed by atoms with van der Waals surface area (Å²) in [5.74, 6) is -6.64. The maximum absolute atomic E-state index is 14.4. The van der Waals surface area contributed by atoms with Gasteiger partial charge in [0.2, 0.25) is 28.3 Å². The maximum atomic E-state index is 14.4. The van der Waals surface area contributed by atoms with Gasteiger partial charge < -0.3 is 25.0 Å². The van der Waals surface area contributed by atoms with Gasteiger partial charge in [-0.2, -0.15) is 0 Å². The Morgan fingerprint density at radius 2 is 1.65 bits per heavy atom. The second kappa shape index (κ2) is 13.5.